The van der Waals surface area contributed by atoms with Crippen LogP contribution in [0, 0.1) is 5.41 Å². The summed E-state index contributed by atoms with van der Waals surface area (Å²) in [7, 11) is 0. The predicted octanol–water partition coefficient (Wildman–Crippen LogP) is 2.19. The standard InChI is InChI=1S/C18H24N4O2/c1-4-16(24-10-1)12-21-8-2-5-18(13-21)14-22(9-11-23-15-18)17-19-6-3-7-20-17/h1,3-4,6-7,10H,2,5,8-9,11-15H2. The highest BCUT2D eigenvalue weighted by atomic mass is 16.5. The van der Waals surface area contributed by atoms with Crippen LogP contribution in [0.25, 0.3) is 0 Å². The first-order valence-corrected chi connectivity index (χ1v) is 8.68. The Morgan fingerprint density at radius 1 is 1.12 bits per heavy atom. The van der Waals surface area contributed by atoms with Gasteiger partial charge in [0.05, 0.1) is 26.0 Å². The van der Waals surface area contributed by atoms with Crippen LogP contribution in [0.15, 0.2) is 41.3 Å². The van der Waals surface area contributed by atoms with Gasteiger partial charge in [0.15, 0.2) is 0 Å². The highest BCUT2D eigenvalue weighted by Gasteiger charge is 2.39. The predicted molar refractivity (Wildman–Crippen MR) is 90.7 cm³/mol. The van der Waals surface area contributed by atoms with Gasteiger partial charge in [-0.25, -0.2) is 9.97 Å². The summed E-state index contributed by atoms with van der Waals surface area (Å²) in [4.78, 5) is 13.6. The van der Waals surface area contributed by atoms with Crippen LogP contribution in [0.3, 0.4) is 0 Å². The van der Waals surface area contributed by atoms with Gasteiger partial charge in [-0.3, -0.25) is 4.90 Å². The second kappa shape index (κ2) is 6.91. The summed E-state index contributed by atoms with van der Waals surface area (Å²) >= 11 is 0. The van der Waals surface area contributed by atoms with Crippen LogP contribution in [0.5, 0.6) is 0 Å². The average Bonchev–Trinajstić information content (AvgIpc) is 3.03. The van der Waals surface area contributed by atoms with Gasteiger partial charge in [0.1, 0.15) is 5.76 Å². The molecule has 1 unspecified atom stereocenters. The SMILES string of the molecule is c1cnc(N2CCOCC3(CCCN(Cc4ccco4)C3)C2)nc1. The summed E-state index contributed by atoms with van der Waals surface area (Å²) < 4.78 is 11.5. The molecule has 2 fully saturated rings. The van der Waals surface area contributed by atoms with Crippen molar-refractivity contribution in [3.05, 3.63) is 42.6 Å². The van der Waals surface area contributed by atoms with Gasteiger partial charge in [0.2, 0.25) is 5.95 Å². The number of aromatic nitrogens is 2. The molecule has 4 rings (SSSR count). The van der Waals surface area contributed by atoms with E-state index in [4.69, 9.17) is 9.15 Å². The van der Waals surface area contributed by atoms with Crippen molar-refractivity contribution >= 4 is 5.95 Å². The Morgan fingerprint density at radius 2 is 2.04 bits per heavy atom. The lowest BCUT2D eigenvalue weighted by molar-refractivity contribution is 0.00877. The van der Waals surface area contributed by atoms with E-state index in [1.165, 1.54) is 12.8 Å². The smallest absolute Gasteiger partial charge is 0.225 e. The number of hydrogen-bond acceptors (Lipinski definition) is 6. The zero-order valence-corrected chi connectivity index (χ0v) is 13.9. The van der Waals surface area contributed by atoms with E-state index < -0.39 is 0 Å². The number of furan rings is 1. The van der Waals surface area contributed by atoms with Crippen molar-refractivity contribution in [3.63, 3.8) is 0 Å². The molecule has 2 aliphatic rings. The highest BCUT2D eigenvalue weighted by Crippen LogP contribution is 2.34. The third-order valence-corrected chi connectivity index (χ3v) is 4.98. The maximum Gasteiger partial charge on any atom is 0.225 e. The summed E-state index contributed by atoms with van der Waals surface area (Å²) in [6, 6.07) is 5.87. The Bertz CT molecular complexity index is 634. The molecule has 2 aliphatic heterocycles. The number of anilines is 1. The monoisotopic (exact) mass is 328 g/mol. The number of piperidine rings is 1. The molecule has 0 bridgehead atoms. The van der Waals surface area contributed by atoms with Gasteiger partial charge in [0.25, 0.3) is 0 Å². The van der Waals surface area contributed by atoms with E-state index >= 15 is 0 Å². The van der Waals surface area contributed by atoms with Crippen LogP contribution < -0.4 is 4.90 Å². The Balaban J connectivity index is 1.49. The molecule has 2 aromatic rings. The third-order valence-electron chi connectivity index (χ3n) is 4.98. The molecular formula is C18H24N4O2. The van der Waals surface area contributed by atoms with E-state index in [0.717, 1.165) is 57.6 Å². The lowest BCUT2D eigenvalue weighted by atomic mass is 9.80. The zero-order valence-electron chi connectivity index (χ0n) is 13.9. The van der Waals surface area contributed by atoms with Crippen molar-refractivity contribution in [1.82, 2.24) is 14.9 Å². The lowest BCUT2D eigenvalue weighted by Crippen LogP contribution is -2.50. The fourth-order valence-corrected chi connectivity index (χ4v) is 3.93. The number of ether oxygens (including phenoxy) is 1. The second-order valence-electron chi connectivity index (χ2n) is 6.92. The first-order chi connectivity index (χ1) is 11.8. The lowest BCUT2D eigenvalue weighted by Gasteiger charge is -2.43. The van der Waals surface area contributed by atoms with E-state index in [-0.39, 0.29) is 5.41 Å². The van der Waals surface area contributed by atoms with E-state index in [1.54, 1.807) is 6.26 Å². The molecule has 6 nitrogen and oxygen atoms in total. The summed E-state index contributed by atoms with van der Waals surface area (Å²) in [5.74, 6) is 1.84. The Kier molecular flexibility index (Phi) is 4.49. The van der Waals surface area contributed by atoms with Crippen molar-refractivity contribution in [1.29, 1.82) is 0 Å². The molecule has 0 aromatic carbocycles. The van der Waals surface area contributed by atoms with Crippen LogP contribution in [0.4, 0.5) is 5.95 Å². The molecule has 4 heterocycles. The largest absolute Gasteiger partial charge is 0.468 e. The van der Waals surface area contributed by atoms with Crippen molar-refractivity contribution in [3.8, 4) is 0 Å². The van der Waals surface area contributed by atoms with Crippen molar-refractivity contribution in [2.24, 2.45) is 5.41 Å². The Hall–Kier alpha value is -1.92. The third kappa shape index (κ3) is 3.44. The molecule has 6 heteroatoms. The summed E-state index contributed by atoms with van der Waals surface area (Å²) in [6.07, 6.45) is 7.74. The van der Waals surface area contributed by atoms with Crippen LogP contribution in [-0.4, -0.2) is 54.3 Å². The maximum atomic E-state index is 5.98. The minimum absolute atomic E-state index is 0.139. The van der Waals surface area contributed by atoms with Crippen molar-refractivity contribution in [2.45, 2.75) is 19.4 Å². The van der Waals surface area contributed by atoms with Crippen molar-refractivity contribution in [2.75, 3.05) is 44.3 Å². The van der Waals surface area contributed by atoms with Crippen LogP contribution in [-0.2, 0) is 11.3 Å². The van der Waals surface area contributed by atoms with Crippen LogP contribution >= 0.6 is 0 Å². The average molecular weight is 328 g/mol. The molecule has 1 spiro atoms. The summed E-state index contributed by atoms with van der Waals surface area (Å²) in [6.45, 7) is 6.36. The van der Waals surface area contributed by atoms with Gasteiger partial charge in [-0.05, 0) is 37.6 Å². The van der Waals surface area contributed by atoms with Gasteiger partial charge >= 0.3 is 0 Å². The van der Waals surface area contributed by atoms with E-state index in [0.29, 0.717) is 0 Å². The van der Waals surface area contributed by atoms with Crippen LogP contribution in [0.1, 0.15) is 18.6 Å². The second-order valence-corrected chi connectivity index (χ2v) is 6.92. The maximum absolute atomic E-state index is 5.98. The molecule has 0 amide bonds. The molecule has 0 saturated carbocycles. The molecule has 0 radical (unpaired) electrons. The molecule has 24 heavy (non-hydrogen) atoms. The van der Waals surface area contributed by atoms with Crippen LogP contribution in [0.2, 0.25) is 0 Å². The van der Waals surface area contributed by atoms with E-state index in [2.05, 4.69) is 25.8 Å². The molecule has 128 valence electrons. The minimum atomic E-state index is 0.139. The van der Waals surface area contributed by atoms with E-state index in [9.17, 15) is 0 Å². The fraction of sp³-hybridized carbons (Fsp3) is 0.556. The topological polar surface area (TPSA) is 54.6 Å². The zero-order chi connectivity index (χ0) is 16.2. The molecule has 1 atom stereocenters. The fourth-order valence-electron chi connectivity index (χ4n) is 3.93. The minimum Gasteiger partial charge on any atom is -0.468 e. The first kappa shape index (κ1) is 15.6. The van der Waals surface area contributed by atoms with Gasteiger partial charge < -0.3 is 14.1 Å². The number of rotatable bonds is 3. The Labute approximate surface area is 142 Å². The molecule has 0 N–H and O–H groups in total. The summed E-state index contributed by atoms with van der Waals surface area (Å²) in [5, 5.41) is 0. The first-order valence-electron chi connectivity index (χ1n) is 8.68. The molecule has 2 aromatic heterocycles. The highest BCUT2D eigenvalue weighted by molar-refractivity contribution is 5.29. The number of hydrogen-bond donors (Lipinski definition) is 0. The van der Waals surface area contributed by atoms with Gasteiger partial charge in [-0.15, -0.1) is 0 Å². The molecular weight excluding hydrogens is 304 g/mol. The van der Waals surface area contributed by atoms with E-state index in [1.807, 2.05) is 24.5 Å². The molecule has 2 saturated heterocycles. The Morgan fingerprint density at radius 3 is 2.88 bits per heavy atom. The molecule has 0 aliphatic carbocycles. The normalized spacial score (nSPS) is 25.8. The quantitative estimate of drug-likeness (QED) is 0.861. The summed E-state index contributed by atoms with van der Waals surface area (Å²) in [5.41, 5.74) is 0.139. The van der Waals surface area contributed by atoms with Gasteiger partial charge in [0, 0.05) is 37.4 Å². The van der Waals surface area contributed by atoms with Gasteiger partial charge in [-0.1, -0.05) is 0 Å². The number of nitrogens with zero attached hydrogens (tertiary/aromatic N) is 4. The number of likely N-dealkylation sites (tertiary alicyclic amines) is 1. The van der Waals surface area contributed by atoms with Crippen molar-refractivity contribution < 1.29 is 9.15 Å². The van der Waals surface area contributed by atoms with Gasteiger partial charge in [-0.2, -0.15) is 0 Å².